The van der Waals surface area contributed by atoms with Gasteiger partial charge in [0, 0.05) is 5.56 Å². The first kappa shape index (κ1) is 11.7. The standard InChI is InChI=1S/C10H8O6/c1-16-10(15)6-4-5(2-3-7(6)11)8(12)9(13)14/h2-4,11H,1H3,(H,13,14). The molecule has 0 unspecified atom stereocenters. The number of carboxylic acid groups (broad SMARTS) is 1. The van der Waals surface area contributed by atoms with Crippen molar-refractivity contribution in [2.45, 2.75) is 0 Å². The number of hydrogen-bond acceptors (Lipinski definition) is 5. The van der Waals surface area contributed by atoms with E-state index in [1.54, 1.807) is 0 Å². The molecule has 0 fully saturated rings. The van der Waals surface area contributed by atoms with Crippen molar-refractivity contribution < 1.29 is 29.3 Å². The minimum absolute atomic E-state index is 0.203. The predicted molar refractivity (Wildman–Crippen MR) is 51.4 cm³/mol. The smallest absolute Gasteiger partial charge is 0.377 e. The average Bonchev–Trinajstić information content (AvgIpc) is 2.27. The maximum absolute atomic E-state index is 11.1. The number of carbonyl (C=O) groups excluding carboxylic acids is 2. The van der Waals surface area contributed by atoms with Crippen molar-refractivity contribution in [1.29, 1.82) is 0 Å². The van der Waals surface area contributed by atoms with Crippen molar-refractivity contribution in [3.63, 3.8) is 0 Å². The zero-order valence-corrected chi connectivity index (χ0v) is 8.26. The fourth-order valence-corrected chi connectivity index (χ4v) is 1.07. The van der Waals surface area contributed by atoms with Gasteiger partial charge in [0.2, 0.25) is 0 Å². The van der Waals surface area contributed by atoms with Gasteiger partial charge in [-0.25, -0.2) is 9.59 Å². The Morgan fingerprint density at radius 2 is 1.88 bits per heavy atom. The lowest BCUT2D eigenvalue weighted by Gasteiger charge is -2.03. The van der Waals surface area contributed by atoms with Crippen LogP contribution in [0.2, 0.25) is 0 Å². The summed E-state index contributed by atoms with van der Waals surface area (Å²) in [7, 11) is 1.10. The number of phenolic OH excluding ortho intramolecular Hbond substituents is 1. The van der Waals surface area contributed by atoms with Gasteiger partial charge in [0.25, 0.3) is 5.78 Å². The minimum Gasteiger partial charge on any atom is -0.507 e. The molecule has 0 bridgehead atoms. The zero-order valence-electron chi connectivity index (χ0n) is 8.26. The van der Waals surface area contributed by atoms with Crippen LogP contribution in [0.15, 0.2) is 18.2 Å². The van der Waals surface area contributed by atoms with Crippen LogP contribution >= 0.6 is 0 Å². The molecule has 0 saturated carbocycles. The second-order valence-corrected chi connectivity index (χ2v) is 2.86. The molecular formula is C10H8O6. The zero-order chi connectivity index (χ0) is 12.3. The molecule has 16 heavy (non-hydrogen) atoms. The van der Waals surface area contributed by atoms with Gasteiger partial charge in [0.1, 0.15) is 11.3 Å². The third-order valence-corrected chi connectivity index (χ3v) is 1.86. The molecule has 0 heterocycles. The number of methoxy groups -OCH3 is 1. The van der Waals surface area contributed by atoms with E-state index in [4.69, 9.17) is 5.11 Å². The molecule has 84 valence electrons. The van der Waals surface area contributed by atoms with E-state index in [1.165, 1.54) is 0 Å². The number of aromatic hydroxyl groups is 1. The lowest BCUT2D eigenvalue weighted by atomic mass is 10.1. The van der Waals surface area contributed by atoms with Crippen LogP contribution < -0.4 is 0 Å². The van der Waals surface area contributed by atoms with Gasteiger partial charge in [-0.3, -0.25) is 4.79 Å². The summed E-state index contributed by atoms with van der Waals surface area (Å²) in [4.78, 5) is 32.6. The van der Waals surface area contributed by atoms with Gasteiger partial charge in [-0.15, -0.1) is 0 Å². The summed E-state index contributed by atoms with van der Waals surface area (Å²) in [5.41, 5.74) is -0.458. The Labute approximate surface area is 90.1 Å². The number of benzene rings is 1. The molecule has 0 aromatic heterocycles. The summed E-state index contributed by atoms with van der Waals surface area (Å²) in [6, 6.07) is 3.14. The van der Waals surface area contributed by atoms with Gasteiger partial charge in [-0.1, -0.05) is 0 Å². The van der Waals surface area contributed by atoms with Crippen LogP contribution in [-0.2, 0) is 9.53 Å². The van der Waals surface area contributed by atoms with Crippen molar-refractivity contribution >= 4 is 17.7 Å². The van der Waals surface area contributed by atoms with Crippen molar-refractivity contribution in [2.75, 3.05) is 7.11 Å². The maximum atomic E-state index is 11.1. The van der Waals surface area contributed by atoms with Crippen molar-refractivity contribution in [2.24, 2.45) is 0 Å². The van der Waals surface area contributed by atoms with Gasteiger partial charge >= 0.3 is 11.9 Å². The fourth-order valence-electron chi connectivity index (χ4n) is 1.07. The third kappa shape index (κ3) is 2.17. The molecule has 1 rings (SSSR count). The predicted octanol–water partition coefficient (Wildman–Crippen LogP) is 0.446. The van der Waals surface area contributed by atoms with Crippen LogP contribution in [0, 0.1) is 0 Å². The number of carboxylic acids is 1. The molecule has 2 N–H and O–H groups in total. The molecule has 0 aliphatic heterocycles. The van der Waals surface area contributed by atoms with Crippen molar-refractivity contribution in [3.8, 4) is 5.75 Å². The van der Waals surface area contributed by atoms with Crippen LogP contribution in [0.5, 0.6) is 5.75 Å². The van der Waals surface area contributed by atoms with Crippen LogP contribution in [0.4, 0.5) is 0 Å². The summed E-state index contributed by atoms with van der Waals surface area (Å²) >= 11 is 0. The Balaban J connectivity index is 3.22. The van der Waals surface area contributed by atoms with E-state index in [0.29, 0.717) is 0 Å². The number of Topliss-reactive ketones (excluding diaryl/α,β-unsaturated/α-hetero) is 1. The number of ether oxygens (including phenoxy) is 1. The van der Waals surface area contributed by atoms with E-state index in [2.05, 4.69) is 4.74 Å². The highest BCUT2D eigenvalue weighted by atomic mass is 16.5. The molecule has 1 aromatic rings. The van der Waals surface area contributed by atoms with Crippen LogP contribution in [0.25, 0.3) is 0 Å². The molecule has 0 amide bonds. The van der Waals surface area contributed by atoms with E-state index in [9.17, 15) is 19.5 Å². The van der Waals surface area contributed by atoms with E-state index in [0.717, 1.165) is 25.3 Å². The number of esters is 1. The Morgan fingerprint density at radius 3 is 2.38 bits per heavy atom. The topological polar surface area (TPSA) is 101 Å². The number of aliphatic carboxylic acids is 1. The van der Waals surface area contributed by atoms with Crippen LogP contribution in [-0.4, -0.2) is 35.0 Å². The SMILES string of the molecule is COC(=O)c1cc(C(=O)C(=O)O)ccc1O. The highest BCUT2D eigenvalue weighted by Crippen LogP contribution is 2.19. The quantitative estimate of drug-likeness (QED) is 0.439. The van der Waals surface area contributed by atoms with E-state index in [1.807, 2.05) is 0 Å². The number of ketones is 1. The summed E-state index contributed by atoms with van der Waals surface area (Å²) in [5.74, 6) is -4.03. The number of rotatable bonds is 3. The lowest BCUT2D eigenvalue weighted by Crippen LogP contribution is -2.13. The van der Waals surface area contributed by atoms with Crippen molar-refractivity contribution in [3.05, 3.63) is 29.3 Å². The fraction of sp³-hybridized carbons (Fsp3) is 0.100. The van der Waals surface area contributed by atoms with Gasteiger partial charge in [0.05, 0.1) is 7.11 Å². The third-order valence-electron chi connectivity index (χ3n) is 1.86. The Hall–Kier alpha value is -2.37. The molecule has 0 atom stereocenters. The number of carbonyl (C=O) groups is 3. The lowest BCUT2D eigenvalue weighted by molar-refractivity contribution is -0.131. The first-order chi connectivity index (χ1) is 7.47. The molecular weight excluding hydrogens is 216 g/mol. The number of hydrogen-bond donors (Lipinski definition) is 2. The summed E-state index contributed by atoms with van der Waals surface area (Å²) in [6.45, 7) is 0. The highest BCUT2D eigenvalue weighted by Gasteiger charge is 2.19. The maximum Gasteiger partial charge on any atom is 0.377 e. The van der Waals surface area contributed by atoms with Crippen molar-refractivity contribution in [1.82, 2.24) is 0 Å². The first-order valence-electron chi connectivity index (χ1n) is 4.16. The van der Waals surface area contributed by atoms with E-state index < -0.39 is 17.7 Å². The molecule has 1 aromatic carbocycles. The second-order valence-electron chi connectivity index (χ2n) is 2.86. The minimum atomic E-state index is -1.64. The summed E-state index contributed by atoms with van der Waals surface area (Å²) < 4.78 is 4.35. The first-order valence-corrected chi connectivity index (χ1v) is 4.16. The Kier molecular flexibility index (Phi) is 3.24. The Morgan fingerprint density at radius 1 is 1.25 bits per heavy atom. The van der Waals surface area contributed by atoms with Gasteiger partial charge in [-0.2, -0.15) is 0 Å². The normalized spacial score (nSPS) is 9.56. The number of phenols is 1. The van der Waals surface area contributed by atoms with Gasteiger partial charge in [0.15, 0.2) is 0 Å². The van der Waals surface area contributed by atoms with E-state index >= 15 is 0 Å². The highest BCUT2D eigenvalue weighted by molar-refractivity contribution is 6.40. The second kappa shape index (κ2) is 4.43. The monoisotopic (exact) mass is 224 g/mol. The molecule has 6 heteroatoms. The van der Waals surface area contributed by atoms with Gasteiger partial charge < -0.3 is 14.9 Å². The summed E-state index contributed by atoms with van der Waals surface area (Å²) in [5, 5.41) is 17.8. The Bertz CT molecular complexity index is 462. The largest absolute Gasteiger partial charge is 0.507 e. The molecule has 0 aliphatic carbocycles. The molecule has 0 spiro atoms. The van der Waals surface area contributed by atoms with Gasteiger partial charge in [-0.05, 0) is 18.2 Å². The molecule has 6 nitrogen and oxygen atoms in total. The molecule has 0 saturated heterocycles. The van der Waals surface area contributed by atoms with Crippen LogP contribution in [0.1, 0.15) is 20.7 Å². The average molecular weight is 224 g/mol. The van der Waals surface area contributed by atoms with E-state index in [-0.39, 0.29) is 16.9 Å². The summed E-state index contributed by atoms with van der Waals surface area (Å²) in [6.07, 6.45) is 0. The molecule has 0 aliphatic rings. The molecule has 0 radical (unpaired) electrons. The van der Waals surface area contributed by atoms with Crippen LogP contribution in [0.3, 0.4) is 0 Å².